The molecule has 4 fully saturated rings. The van der Waals surface area contributed by atoms with Crippen LogP contribution in [0.15, 0.2) is 0 Å². The molecule has 0 aromatic rings. The van der Waals surface area contributed by atoms with Gasteiger partial charge in [-0.3, -0.25) is 9.59 Å². The van der Waals surface area contributed by atoms with Crippen molar-refractivity contribution in [3.05, 3.63) is 0 Å². The van der Waals surface area contributed by atoms with E-state index >= 15 is 0 Å². The van der Waals surface area contributed by atoms with Crippen LogP contribution >= 0.6 is 0 Å². The normalized spacial score (nSPS) is 24.3. The number of rotatable bonds is 15. The van der Waals surface area contributed by atoms with Gasteiger partial charge >= 0.3 is 36.2 Å². The molecule has 4 aliphatic rings. The van der Waals surface area contributed by atoms with E-state index in [1.807, 2.05) is 69.2 Å². The third kappa shape index (κ3) is 15.2. The molecule has 4 rings (SSSR count). The zero-order valence-corrected chi connectivity index (χ0v) is 46.6. The highest BCUT2D eigenvalue weighted by Crippen LogP contribution is 2.66. The number of fused-ring (bicyclic) bond motifs is 2. The molecule has 6 N–H and O–H groups in total. The first-order valence-electron chi connectivity index (χ1n) is 25.1. The first kappa shape index (κ1) is 60.3. The Morgan fingerprint density at radius 1 is 0.549 bits per heavy atom. The number of nitrogens with zero attached hydrogens (tertiary/aromatic N) is 2. The standard InChI is InChI=1S/C26H46N4O6.C25H44N4O6/c1-14(2)16(12-27-23(34)36-25(6,7)8)28-22(33)29-19(24(3,4)5)20(31)30-13-15-17(26(15,9)10)18(30)21(32)35-11;1-13(2)16(11-26-23(33)35-14(3)4)27-22(32)28-19(24(5,6)7)20(30)29-12-15-17(25(15,8)9)18(29)21(31)34-10/h14-19H,12-13H2,1-11H3,(H,27,34)(H2,28,29,33);13-19H,11-12H2,1-10H3,(H,26,33)(H2,27,28,32)/t2*15-,16+,17-,18-,19+/m00/s1. The highest BCUT2D eigenvalue weighted by molar-refractivity contribution is 5.93. The maximum atomic E-state index is 13.7. The van der Waals surface area contributed by atoms with E-state index in [1.54, 1.807) is 44.4 Å². The monoisotopic (exact) mass is 1010 g/mol. The molecule has 20 nitrogen and oxygen atoms in total. The van der Waals surface area contributed by atoms with Crippen LogP contribution in [0.25, 0.3) is 0 Å². The molecule has 0 spiro atoms. The summed E-state index contributed by atoms with van der Waals surface area (Å²) in [4.78, 5) is 106. The van der Waals surface area contributed by atoms with Crippen LogP contribution in [0.2, 0.25) is 0 Å². The summed E-state index contributed by atoms with van der Waals surface area (Å²) in [5.41, 5.74) is -1.89. The number of carbonyl (C=O) groups is 8. The third-order valence-corrected chi connectivity index (χ3v) is 14.6. The van der Waals surface area contributed by atoms with Crippen molar-refractivity contribution in [1.82, 2.24) is 41.7 Å². The van der Waals surface area contributed by atoms with Gasteiger partial charge in [-0.05, 0) is 80.0 Å². The van der Waals surface area contributed by atoms with Crippen molar-refractivity contribution in [3.63, 3.8) is 0 Å². The Bertz CT molecular complexity index is 1950. The van der Waals surface area contributed by atoms with E-state index in [4.69, 9.17) is 18.9 Å². The molecule has 0 unspecified atom stereocenters. The lowest BCUT2D eigenvalue weighted by Gasteiger charge is -2.37. The summed E-state index contributed by atoms with van der Waals surface area (Å²) in [6.07, 6.45) is -1.37. The second kappa shape index (κ2) is 22.8. The fraction of sp³-hybridized carbons (Fsp3) is 0.843. The van der Waals surface area contributed by atoms with E-state index < -0.39 is 82.8 Å². The molecule has 2 aliphatic carbocycles. The zero-order valence-electron chi connectivity index (χ0n) is 46.6. The van der Waals surface area contributed by atoms with E-state index in [0.29, 0.717) is 13.1 Å². The molecule has 2 saturated heterocycles. The molecular formula is C51H90N8O12. The Hall–Kier alpha value is -5.04. The number of urea groups is 2. The number of piperidine rings is 2. The Morgan fingerprint density at radius 2 is 0.887 bits per heavy atom. The minimum Gasteiger partial charge on any atom is -0.467 e. The summed E-state index contributed by atoms with van der Waals surface area (Å²) in [6, 6.07) is -4.84. The van der Waals surface area contributed by atoms with E-state index in [0.717, 1.165) is 0 Å². The lowest BCUT2D eigenvalue weighted by Crippen LogP contribution is -2.61. The highest BCUT2D eigenvalue weighted by atomic mass is 16.6. The average molecular weight is 1010 g/mol. The Morgan fingerprint density at radius 3 is 1.17 bits per heavy atom. The molecule has 0 aromatic heterocycles. The van der Waals surface area contributed by atoms with Crippen LogP contribution in [-0.4, -0.2) is 146 Å². The van der Waals surface area contributed by atoms with Crippen molar-refractivity contribution >= 4 is 48.0 Å². The third-order valence-electron chi connectivity index (χ3n) is 14.6. The zero-order chi connectivity index (χ0) is 54.7. The van der Waals surface area contributed by atoms with Gasteiger partial charge in [-0.1, -0.05) is 96.9 Å². The largest absolute Gasteiger partial charge is 0.467 e. The summed E-state index contributed by atoms with van der Waals surface area (Å²) in [7, 11) is 2.66. The van der Waals surface area contributed by atoms with Gasteiger partial charge in [-0.25, -0.2) is 28.8 Å². The fourth-order valence-electron chi connectivity index (χ4n) is 9.98. The second-order valence-electron chi connectivity index (χ2n) is 25.1. The number of likely N-dealkylation sites (tertiary alicyclic amines) is 2. The van der Waals surface area contributed by atoms with Crippen LogP contribution in [-0.2, 0) is 38.1 Å². The van der Waals surface area contributed by atoms with Gasteiger partial charge in [0.25, 0.3) is 0 Å². The molecule has 10 atom stereocenters. The number of alkyl carbamates (subject to hydrolysis) is 2. The van der Waals surface area contributed by atoms with Crippen LogP contribution in [0, 0.1) is 57.2 Å². The molecule has 0 radical (unpaired) electrons. The van der Waals surface area contributed by atoms with Gasteiger partial charge in [0.1, 0.15) is 29.8 Å². The quantitative estimate of drug-likeness (QED) is 0.0889. The SMILES string of the molecule is COC(=O)[C@@H]1[C@@H]2[C@H](CN1C(=O)[C@@H](NC(=O)N[C@H](CNC(=O)OC(C)(C)C)C(C)C)C(C)(C)C)C2(C)C.COC(=O)[C@@H]1[C@@H]2[C@H](CN1C(=O)[C@@H](NC(=O)N[C@H](CNC(=O)OC(C)C)C(C)C)C(C)(C)C)C2(C)C. The van der Waals surface area contributed by atoms with Crippen LogP contribution in [0.4, 0.5) is 19.2 Å². The van der Waals surface area contributed by atoms with Gasteiger partial charge < -0.3 is 60.6 Å². The highest BCUT2D eigenvalue weighted by Gasteiger charge is 2.71. The van der Waals surface area contributed by atoms with Crippen molar-refractivity contribution in [2.75, 3.05) is 40.4 Å². The van der Waals surface area contributed by atoms with E-state index in [2.05, 4.69) is 59.6 Å². The van der Waals surface area contributed by atoms with E-state index in [9.17, 15) is 38.4 Å². The van der Waals surface area contributed by atoms with Gasteiger partial charge in [0.15, 0.2) is 0 Å². The molecule has 0 aromatic carbocycles. The topological polar surface area (TPSA) is 252 Å². The molecule has 71 heavy (non-hydrogen) atoms. The number of carbonyl (C=O) groups excluding carboxylic acids is 8. The first-order chi connectivity index (χ1) is 32.3. The smallest absolute Gasteiger partial charge is 0.407 e. The average Bonchev–Trinajstić information content (AvgIpc) is 3.67. The van der Waals surface area contributed by atoms with Crippen molar-refractivity contribution < 1.29 is 57.3 Å². The van der Waals surface area contributed by atoms with Gasteiger partial charge in [-0.2, -0.15) is 0 Å². The predicted molar refractivity (Wildman–Crippen MR) is 267 cm³/mol. The number of ether oxygens (including phenoxy) is 4. The number of nitrogens with one attached hydrogen (secondary N) is 6. The minimum absolute atomic E-state index is 0.00565. The summed E-state index contributed by atoms with van der Waals surface area (Å²) in [5, 5.41) is 16.8. The van der Waals surface area contributed by atoms with E-state index in [1.165, 1.54) is 14.2 Å². The van der Waals surface area contributed by atoms with Crippen LogP contribution in [0.3, 0.4) is 0 Å². The number of esters is 2. The van der Waals surface area contributed by atoms with Crippen molar-refractivity contribution in [3.8, 4) is 0 Å². The number of hydrogen-bond donors (Lipinski definition) is 6. The number of hydrogen-bond acceptors (Lipinski definition) is 12. The van der Waals surface area contributed by atoms with Crippen molar-refractivity contribution in [2.45, 2.75) is 180 Å². The molecule has 406 valence electrons. The summed E-state index contributed by atoms with van der Waals surface area (Å²) in [6.45, 7) is 37.4. The van der Waals surface area contributed by atoms with Gasteiger partial charge in [-0.15, -0.1) is 0 Å². The maximum Gasteiger partial charge on any atom is 0.407 e. The minimum atomic E-state index is -0.864. The summed E-state index contributed by atoms with van der Waals surface area (Å²) >= 11 is 0. The Labute approximate surface area is 423 Å². The molecule has 0 bridgehead atoms. The van der Waals surface area contributed by atoms with Crippen molar-refractivity contribution in [2.24, 2.45) is 57.2 Å². The van der Waals surface area contributed by atoms with E-state index in [-0.39, 0.29) is 83.4 Å². The van der Waals surface area contributed by atoms with Crippen LogP contribution in [0.5, 0.6) is 0 Å². The summed E-state index contributed by atoms with van der Waals surface area (Å²) in [5.74, 6) is -0.875. The maximum absolute atomic E-state index is 13.7. The van der Waals surface area contributed by atoms with Gasteiger partial charge in [0.2, 0.25) is 11.8 Å². The molecular weight excluding hydrogens is 917 g/mol. The molecule has 2 aliphatic heterocycles. The Balaban J connectivity index is 0.000000375. The van der Waals surface area contributed by atoms with Crippen LogP contribution in [0.1, 0.15) is 132 Å². The van der Waals surface area contributed by atoms with Gasteiger partial charge in [0.05, 0.1) is 32.4 Å². The molecule has 20 heteroatoms. The predicted octanol–water partition coefficient (Wildman–Crippen LogP) is 5.42. The van der Waals surface area contributed by atoms with Gasteiger partial charge in [0, 0.05) is 38.0 Å². The molecule has 2 heterocycles. The summed E-state index contributed by atoms with van der Waals surface area (Å²) < 4.78 is 20.4. The lowest BCUT2D eigenvalue weighted by atomic mass is 9.85. The van der Waals surface area contributed by atoms with Crippen LogP contribution < -0.4 is 31.9 Å². The Kier molecular flexibility index (Phi) is 19.4. The number of methoxy groups -OCH3 is 2. The second-order valence-corrected chi connectivity index (χ2v) is 25.1. The first-order valence-corrected chi connectivity index (χ1v) is 25.1. The molecule has 8 amide bonds. The fourth-order valence-corrected chi connectivity index (χ4v) is 9.98. The molecule has 2 saturated carbocycles. The number of amides is 8. The lowest BCUT2D eigenvalue weighted by molar-refractivity contribution is -0.154. The van der Waals surface area contributed by atoms with Crippen molar-refractivity contribution in [1.29, 1.82) is 0 Å².